The zero-order valence-corrected chi connectivity index (χ0v) is 14.5. The van der Waals surface area contributed by atoms with Crippen molar-refractivity contribution in [1.29, 1.82) is 0 Å². The molecule has 0 spiro atoms. The van der Waals surface area contributed by atoms with Crippen LogP contribution in [-0.4, -0.2) is 42.6 Å². The van der Waals surface area contributed by atoms with Gasteiger partial charge in [0.25, 0.3) is 0 Å². The normalized spacial score (nSPS) is 20.8. The van der Waals surface area contributed by atoms with Gasteiger partial charge in [0, 0.05) is 29.2 Å². The molecule has 1 aliphatic heterocycles. The lowest BCUT2D eigenvalue weighted by molar-refractivity contribution is 0.328. The van der Waals surface area contributed by atoms with Gasteiger partial charge in [0.05, 0.1) is 5.69 Å². The zero-order chi connectivity index (χ0) is 14.7. The van der Waals surface area contributed by atoms with Crippen molar-refractivity contribution in [3.63, 3.8) is 0 Å². The Morgan fingerprint density at radius 3 is 2.80 bits per heavy atom. The molecule has 1 heterocycles. The highest BCUT2D eigenvalue weighted by molar-refractivity contribution is 9.10. The second kappa shape index (κ2) is 6.87. The second-order valence-electron chi connectivity index (χ2n) is 5.40. The van der Waals surface area contributed by atoms with E-state index in [4.69, 9.17) is 18.0 Å². The molecule has 0 aromatic heterocycles. The lowest BCUT2D eigenvalue weighted by Crippen LogP contribution is -2.40. The maximum absolute atomic E-state index is 5.70. The van der Waals surface area contributed by atoms with Gasteiger partial charge in [-0.3, -0.25) is 0 Å². The van der Waals surface area contributed by atoms with Crippen molar-refractivity contribution in [2.45, 2.75) is 25.8 Å². The Balaban J connectivity index is 2.30. The van der Waals surface area contributed by atoms with E-state index in [1.165, 1.54) is 12.1 Å². The van der Waals surface area contributed by atoms with Crippen LogP contribution in [0.15, 0.2) is 22.7 Å². The minimum Gasteiger partial charge on any atom is -0.389 e. The molecule has 0 bridgehead atoms. The molecule has 20 heavy (non-hydrogen) atoms. The van der Waals surface area contributed by atoms with Gasteiger partial charge in [0.1, 0.15) is 4.99 Å². The van der Waals surface area contributed by atoms with Crippen LogP contribution < -0.4 is 10.6 Å². The Hall–Kier alpha value is -0.650. The van der Waals surface area contributed by atoms with E-state index in [-0.39, 0.29) is 0 Å². The fourth-order valence-electron chi connectivity index (χ4n) is 2.80. The molecule has 1 aromatic carbocycles. The third kappa shape index (κ3) is 3.51. The molecule has 3 nitrogen and oxygen atoms in total. The van der Waals surface area contributed by atoms with Gasteiger partial charge in [0.2, 0.25) is 0 Å². The molecule has 0 saturated carbocycles. The lowest BCUT2D eigenvalue weighted by Gasteiger charge is -2.33. The van der Waals surface area contributed by atoms with Crippen molar-refractivity contribution in [3.05, 3.63) is 28.2 Å². The first-order valence-corrected chi connectivity index (χ1v) is 8.27. The first kappa shape index (κ1) is 15.7. The Bertz CT molecular complexity index is 492. The van der Waals surface area contributed by atoms with Crippen LogP contribution in [0, 0.1) is 0 Å². The largest absolute Gasteiger partial charge is 0.389 e. The van der Waals surface area contributed by atoms with E-state index < -0.39 is 0 Å². The molecule has 0 amide bonds. The summed E-state index contributed by atoms with van der Waals surface area (Å²) in [5.41, 5.74) is 7.85. The summed E-state index contributed by atoms with van der Waals surface area (Å²) >= 11 is 8.72. The van der Waals surface area contributed by atoms with E-state index in [2.05, 4.69) is 45.8 Å². The van der Waals surface area contributed by atoms with Crippen LogP contribution in [0.1, 0.15) is 25.3 Å². The molecule has 2 rings (SSSR count). The molecule has 0 radical (unpaired) electrons. The summed E-state index contributed by atoms with van der Waals surface area (Å²) in [4.78, 5) is 5.38. The van der Waals surface area contributed by atoms with Gasteiger partial charge in [0.15, 0.2) is 0 Å². The van der Waals surface area contributed by atoms with Gasteiger partial charge in [-0.25, -0.2) is 0 Å². The third-order valence-electron chi connectivity index (χ3n) is 3.91. The molecule has 0 aliphatic carbocycles. The highest BCUT2D eigenvalue weighted by Gasteiger charge is 2.23. The van der Waals surface area contributed by atoms with E-state index in [9.17, 15) is 0 Å². The molecule has 1 aromatic rings. The van der Waals surface area contributed by atoms with Crippen molar-refractivity contribution < 1.29 is 0 Å². The van der Waals surface area contributed by atoms with Gasteiger partial charge < -0.3 is 15.5 Å². The maximum Gasteiger partial charge on any atom is 0.104 e. The van der Waals surface area contributed by atoms with Crippen molar-refractivity contribution in [1.82, 2.24) is 4.90 Å². The number of thiocarbonyl (C=S) groups is 1. The monoisotopic (exact) mass is 355 g/mol. The summed E-state index contributed by atoms with van der Waals surface area (Å²) in [6.45, 7) is 5.62. The van der Waals surface area contributed by atoms with Crippen molar-refractivity contribution in [3.8, 4) is 0 Å². The van der Waals surface area contributed by atoms with Crippen LogP contribution >= 0.6 is 28.1 Å². The van der Waals surface area contributed by atoms with Gasteiger partial charge in [-0.1, -0.05) is 19.1 Å². The smallest absolute Gasteiger partial charge is 0.104 e. The number of halogens is 1. The van der Waals surface area contributed by atoms with Crippen LogP contribution in [-0.2, 0) is 0 Å². The molecule has 1 atom stereocenters. The standard InChI is InChI=1S/C15H22BrN3S/c1-3-12-10-18(2)7-4-8-19(12)14-6-5-11(15(17)20)9-13(14)16/h5-6,9,12H,3-4,7-8,10H2,1-2H3,(H2,17,20). The highest BCUT2D eigenvalue weighted by atomic mass is 79.9. The lowest BCUT2D eigenvalue weighted by atomic mass is 10.1. The quantitative estimate of drug-likeness (QED) is 0.844. The molecule has 1 unspecified atom stereocenters. The molecule has 5 heteroatoms. The SMILES string of the molecule is CCC1CN(C)CCCN1c1ccc(C(N)=S)cc1Br. The van der Waals surface area contributed by atoms with Crippen LogP contribution in [0.4, 0.5) is 5.69 Å². The average molecular weight is 356 g/mol. The van der Waals surface area contributed by atoms with E-state index in [0.29, 0.717) is 11.0 Å². The highest BCUT2D eigenvalue weighted by Crippen LogP contribution is 2.30. The molecule has 1 fully saturated rings. The summed E-state index contributed by atoms with van der Waals surface area (Å²) < 4.78 is 1.07. The third-order valence-corrected chi connectivity index (χ3v) is 4.79. The fraction of sp³-hybridized carbons (Fsp3) is 0.533. The molecule has 1 aliphatic rings. The average Bonchev–Trinajstić information content (AvgIpc) is 2.60. The number of hydrogen-bond acceptors (Lipinski definition) is 3. The number of benzene rings is 1. The first-order valence-electron chi connectivity index (χ1n) is 7.07. The number of nitrogens with two attached hydrogens (primary N) is 1. The second-order valence-corrected chi connectivity index (χ2v) is 6.70. The fourth-order valence-corrected chi connectivity index (χ4v) is 3.54. The van der Waals surface area contributed by atoms with E-state index in [1.807, 2.05) is 12.1 Å². The summed E-state index contributed by atoms with van der Waals surface area (Å²) in [5, 5.41) is 0. The topological polar surface area (TPSA) is 32.5 Å². The molecular weight excluding hydrogens is 334 g/mol. The molecule has 1 saturated heterocycles. The Kier molecular flexibility index (Phi) is 5.41. The van der Waals surface area contributed by atoms with Crippen LogP contribution in [0.25, 0.3) is 0 Å². The van der Waals surface area contributed by atoms with Crippen molar-refractivity contribution in [2.75, 3.05) is 31.6 Å². The minimum atomic E-state index is 0.444. The van der Waals surface area contributed by atoms with Crippen molar-refractivity contribution in [2.24, 2.45) is 5.73 Å². The molecule has 2 N–H and O–H groups in total. The predicted molar refractivity (Wildman–Crippen MR) is 93.6 cm³/mol. The number of hydrogen-bond donors (Lipinski definition) is 1. The maximum atomic E-state index is 5.70. The Labute approximate surface area is 135 Å². The minimum absolute atomic E-state index is 0.444. The number of likely N-dealkylation sites (N-methyl/N-ethyl adjacent to an activating group) is 1. The molecule has 110 valence electrons. The zero-order valence-electron chi connectivity index (χ0n) is 12.1. The van der Waals surface area contributed by atoms with Crippen molar-refractivity contribution >= 4 is 38.8 Å². The van der Waals surface area contributed by atoms with E-state index in [0.717, 1.165) is 36.1 Å². The number of anilines is 1. The van der Waals surface area contributed by atoms with Crippen LogP contribution in [0.2, 0.25) is 0 Å². The van der Waals surface area contributed by atoms with E-state index >= 15 is 0 Å². The van der Waals surface area contributed by atoms with Crippen LogP contribution in [0.5, 0.6) is 0 Å². The van der Waals surface area contributed by atoms with E-state index in [1.54, 1.807) is 0 Å². The summed E-state index contributed by atoms with van der Waals surface area (Å²) in [6.07, 6.45) is 2.34. The van der Waals surface area contributed by atoms with Gasteiger partial charge in [-0.05, 0) is 60.6 Å². The summed E-state index contributed by atoms with van der Waals surface area (Å²) in [6, 6.07) is 6.73. The Morgan fingerprint density at radius 1 is 1.45 bits per heavy atom. The first-order chi connectivity index (χ1) is 9.52. The predicted octanol–water partition coefficient (Wildman–Crippen LogP) is 3.00. The number of nitrogens with zero attached hydrogens (tertiary/aromatic N) is 2. The number of rotatable bonds is 3. The van der Waals surface area contributed by atoms with Gasteiger partial charge in [-0.15, -0.1) is 0 Å². The Morgan fingerprint density at radius 2 is 2.20 bits per heavy atom. The van der Waals surface area contributed by atoms with Gasteiger partial charge >= 0.3 is 0 Å². The summed E-state index contributed by atoms with van der Waals surface area (Å²) in [5.74, 6) is 0. The summed E-state index contributed by atoms with van der Waals surface area (Å²) in [7, 11) is 2.21. The molecular formula is C15H22BrN3S. The van der Waals surface area contributed by atoms with Crippen LogP contribution in [0.3, 0.4) is 0 Å². The van der Waals surface area contributed by atoms with Gasteiger partial charge in [-0.2, -0.15) is 0 Å².